The van der Waals surface area contributed by atoms with Crippen molar-refractivity contribution in [3.63, 3.8) is 0 Å². The summed E-state index contributed by atoms with van der Waals surface area (Å²) in [5.41, 5.74) is 2.28. The molecule has 0 saturated carbocycles. The first-order chi connectivity index (χ1) is 17.8. The summed E-state index contributed by atoms with van der Waals surface area (Å²) in [4.78, 5) is 4.75. The van der Waals surface area contributed by atoms with Gasteiger partial charge in [-0.05, 0) is 74.7 Å². The summed E-state index contributed by atoms with van der Waals surface area (Å²) in [5.74, 6) is 0.586. The highest BCUT2D eigenvalue weighted by Crippen LogP contribution is 2.26. The molecule has 1 heterocycles. The second-order valence-corrected chi connectivity index (χ2v) is 11.5. The molecule has 2 aromatic carbocycles. The number of methoxy groups -OCH3 is 1. The van der Waals surface area contributed by atoms with Crippen LogP contribution in [0.5, 0.6) is 5.75 Å². The number of rotatable bonds is 14. The number of pyridine rings is 1. The van der Waals surface area contributed by atoms with Gasteiger partial charge in [0, 0.05) is 41.4 Å². The van der Waals surface area contributed by atoms with Gasteiger partial charge in [0.2, 0.25) is 10.0 Å². The van der Waals surface area contributed by atoms with Crippen molar-refractivity contribution >= 4 is 50.0 Å². The number of benzene rings is 2. The summed E-state index contributed by atoms with van der Waals surface area (Å²) in [6, 6.07) is 13.8. The number of anilines is 1. The van der Waals surface area contributed by atoms with Crippen molar-refractivity contribution in [2.75, 3.05) is 44.9 Å². The number of hydrogen-bond donors (Lipinski definition) is 3. The fourth-order valence-electron chi connectivity index (χ4n) is 3.78. The number of sulfonamides is 1. The third-order valence-corrected chi connectivity index (χ3v) is 8.52. The van der Waals surface area contributed by atoms with Crippen LogP contribution in [0.3, 0.4) is 0 Å². The number of hydrogen-bond acceptors (Lipinski definition) is 9. The second kappa shape index (κ2) is 13.7. The summed E-state index contributed by atoms with van der Waals surface area (Å²) in [5, 5.41) is 19.5. The SMILES string of the molecule is COc1ccc(S(=O)(=O)N(CCCNC(NC#N)SC)CCNc2cc(C)nc3ccc(Cl)cc23)cc1. The zero-order valence-corrected chi connectivity index (χ0v) is 23.4. The lowest BCUT2D eigenvalue weighted by molar-refractivity contribution is 0.407. The van der Waals surface area contributed by atoms with Crippen molar-refractivity contribution in [1.82, 2.24) is 19.9 Å². The van der Waals surface area contributed by atoms with Crippen LogP contribution in [0.2, 0.25) is 5.02 Å². The minimum Gasteiger partial charge on any atom is -0.497 e. The van der Waals surface area contributed by atoms with E-state index in [-0.39, 0.29) is 16.9 Å². The van der Waals surface area contributed by atoms with Gasteiger partial charge in [-0.3, -0.25) is 15.6 Å². The quantitative estimate of drug-likeness (QED) is 0.116. The summed E-state index contributed by atoms with van der Waals surface area (Å²) < 4.78 is 33.7. The van der Waals surface area contributed by atoms with Gasteiger partial charge in [-0.2, -0.15) is 9.57 Å². The van der Waals surface area contributed by atoms with Crippen LogP contribution < -0.4 is 20.7 Å². The Labute approximate surface area is 227 Å². The Kier molecular flexibility index (Phi) is 10.7. The number of thioether (sulfide) groups is 1. The lowest BCUT2D eigenvalue weighted by Gasteiger charge is -2.24. The molecule has 3 rings (SSSR count). The Bertz CT molecular complexity index is 1330. The van der Waals surface area contributed by atoms with Crippen molar-refractivity contribution < 1.29 is 13.2 Å². The minimum atomic E-state index is -3.75. The number of aromatic nitrogens is 1. The molecule has 3 N–H and O–H groups in total. The van der Waals surface area contributed by atoms with Gasteiger partial charge in [-0.1, -0.05) is 11.6 Å². The van der Waals surface area contributed by atoms with Crippen LogP contribution in [0, 0.1) is 18.4 Å². The van der Waals surface area contributed by atoms with Crippen LogP contribution >= 0.6 is 23.4 Å². The van der Waals surface area contributed by atoms with E-state index in [1.54, 1.807) is 30.3 Å². The molecule has 0 saturated heterocycles. The van der Waals surface area contributed by atoms with Gasteiger partial charge in [-0.25, -0.2) is 8.42 Å². The maximum Gasteiger partial charge on any atom is 0.243 e. The van der Waals surface area contributed by atoms with Gasteiger partial charge in [0.15, 0.2) is 6.19 Å². The summed E-state index contributed by atoms with van der Waals surface area (Å²) in [6.45, 7) is 3.39. The van der Waals surface area contributed by atoms with Gasteiger partial charge in [-0.15, -0.1) is 11.8 Å². The van der Waals surface area contributed by atoms with Gasteiger partial charge < -0.3 is 10.1 Å². The van der Waals surface area contributed by atoms with Crippen LogP contribution in [0.4, 0.5) is 5.69 Å². The summed E-state index contributed by atoms with van der Waals surface area (Å²) >= 11 is 7.67. The number of halogens is 1. The van der Waals surface area contributed by atoms with Crippen LogP contribution in [0.1, 0.15) is 12.1 Å². The van der Waals surface area contributed by atoms with E-state index in [9.17, 15) is 8.42 Å². The van der Waals surface area contributed by atoms with E-state index in [1.165, 1.54) is 23.2 Å². The summed E-state index contributed by atoms with van der Waals surface area (Å²) in [7, 11) is -2.21. The van der Waals surface area contributed by atoms with Crippen LogP contribution in [0.25, 0.3) is 10.9 Å². The monoisotopic (exact) mass is 562 g/mol. The number of nitrogens with one attached hydrogen (secondary N) is 3. The topological polar surface area (TPSA) is 119 Å². The number of fused-ring (bicyclic) bond motifs is 1. The Morgan fingerprint density at radius 1 is 1.16 bits per heavy atom. The predicted molar refractivity (Wildman–Crippen MR) is 150 cm³/mol. The highest BCUT2D eigenvalue weighted by Gasteiger charge is 2.24. The first-order valence-electron chi connectivity index (χ1n) is 11.6. The van der Waals surface area contributed by atoms with Gasteiger partial charge in [0.25, 0.3) is 0 Å². The van der Waals surface area contributed by atoms with Gasteiger partial charge >= 0.3 is 0 Å². The Balaban J connectivity index is 1.75. The molecule has 0 spiro atoms. The van der Waals surface area contributed by atoms with E-state index in [0.717, 1.165) is 22.3 Å². The van der Waals surface area contributed by atoms with E-state index >= 15 is 0 Å². The Morgan fingerprint density at radius 3 is 2.59 bits per heavy atom. The lowest BCUT2D eigenvalue weighted by atomic mass is 10.1. The molecule has 0 fully saturated rings. The number of ether oxygens (including phenoxy) is 1. The van der Waals surface area contributed by atoms with E-state index in [0.29, 0.717) is 36.8 Å². The molecule has 0 bridgehead atoms. The van der Waals surface area contributed by atoms with Crippen molar-refractivity contribution in [2.24, 2.45) is 0 Å². The lowest BCUT2D eigenvalue weighted by Crippen LogP contribution is -2.40. The third-order valence-electron chi connectivity index (χ3n) is 5.62. The minimum absolute atomic E-state index is 0.200. The molecule has 0 radical (unpaired) electrons. The largest absolute Gasteiger partial charge is 0.497 e. The zero-order chi connectivity index (χ0) is 26.8. The number of nitrogens with zero attached hydrogens (tertiary/aromatic N) is 3. The molecule has 0 aliphatic heterocycles. The average molecular weight is 563 g/mol. The van der Waals surface area contributed by atoms with Crippen LogP contribution in [-0.2, 0) is 10.0 Å². The van der Waals surface area contributed by atoms with Crippen LogP contribution in [0.15, 0.2) is 53.4 Å². The molecule has 37 heavy (non-hydrogen) atoms. The van der Waals surface area contributed by atoms with E-state index in [2.05, 4.69) is 20.9 Å². The molecule has 198 valence electrons. The highest BCUT2D eigenvalue weighted by atomic mass is 35.5. The van der Waals surface area contributed by atoms with E-state index in [1.807, 2.05) is 37.6 Å². The number of aryl methyl sites for hydroxylation is 1. The maximum absolute atomic E-state index is 13.5. The molecular weight excluding hydrogens is 532 g/mol. The molecule has 3 aromatic rings. The normalized spacial score (nSPS) is 12.3. The van der Waals surface area contributed by atoms with Crippen molar-refractivity contribution in [3.8, 4) is 11.9 Å². The maximum atomic E-state index is 13.5. The molecule has 9 nitrogen and oxygen atoms in total. The van der Waals surface area contributed by atoms with Gasteiger partial charge in [0.05, 0.1) is 17.5 Å². The zero-order valence-electron chi connectivity index (χ0n) is 21.0. The van der Waals surface area contributed by atoms with Crippen molar-refractivity contribution in [1.29, 1.82) is 5.26 Å². The van der Waals surface area contributed by atoms with Crippen molar-refractivity contribution in [2.45, 2.75) is 23.7 Å². The highest BCUT2D eigenvalue weighted by molar-refractivity contribution is 7.99. The Hall–Kier alpha value is -2.75. The molecule has 12 heteroatoms. The van der Waals surface area contributed by atoms with Gasteiger partial charge in [0.1, 0.15) is 11.2 Å². The smallest absolute Gasteiger partial charge is 0.243 e. The average Bonchev–Trinajstić information content (AvgIpc) is 2.89. The fourth-order valence-corrected chi connectivity index (χ4v) is 5.89. The van der Waals surface area contributed by atoms with E-state index in [4.69, 9.17) is 21.6 Å². The molecular formula is C25H31ClN6O3S2. The third kappa shape index (κ3) is 7.87. The fraction of sp³-hybridized carbons (Fsp3) is 0.360. The molecule has 0 aliphatic carbocycles. The molecule has 1 unspecified atom stereocenters. The number of nitriles is 1. The standard InChI is InChI=1S/C25H31ClN6O3S2/c1-18-15-24(22-16-19(26)5-10-23(22)31-18)28-12-14-32(13-4-11-29-25(36-3)30-17-27)37(33,34)21-8-6-20(35-2)7-9-21/h5-10,15-16,25,29-30H,4,11-14H2,1-3H3,(H,28,31). The predicted octanol–water partition coefficient (Wildman–Crippen LogP) is 4.01. The van der Waals surface area contributed by atoms with Crippen LogP contribution in [-0.4, -0.2) is 62.7 Å². The first-order valence-corrected chi connectivity index (χ1v) is 14.7. The van der Waals surface area contributed by atoms with Crippen molar-refractivity contribution in [3.05, 3.63) is 59.2 Å². The summed E-state index contributed by atoms with van der Waals surface area (Å²) in [6.07, 6.45) is 4.36. The Morgan fingerprint density at radius 2 is 1.92 bits per heavy atom. The second-order valence-electron chi connectivity index (χ2n) is 8.16. The molecule has 1 aromatic heterocycles. The first kappa shape index (κ1) is 28.8. The van der Waals surface area contributed by atoms with E-state index < -0.39 is 10.0 Å². The molecule has 0 aliphatic rings. The molecule has 1 atom stereocenters. The molecule has 0 amide bonds.